The van der Waals surface area contributed by atoms with E-state index in [0.29, 0.717) is 6.42 Å². The largest absolute Gasteiger partial charge is 0.340 e. The molecule has 1 atom stereocenters. The summed E-state index contributed by atoms with van der Waals surface area (Å²) in [7, 11) is 0. The second-order valence-electron chi connectivity index (χ2n) is 5.55. The van der Waals surface area contributed by atoms with Gasteiger partial charge in [0.15, 0.2) is 0 Å². The van der Waals surface area contributed by atoms with Crippen LogP contribution in [-0.2, 0) is 9.59 Å². The molecule has 0 aromatic carbocycles. The Morgan fingerprint density at radius 3 is 2.65 bits per heavy atom. The summed E-state index contributed by atoms with van der Waals surface area (Å²) in [5.41, 5.74) is -0.686. The van der Waals surface area contributed by atoms with Crippen LogP contribution in [0, 0.1) is 5.92 Å². The van der Waals surface area contributed by atoms with E-state index in [1.165, 1.54) is 19.3 Å². The minimum absolute atomic E-state index is 0.0254. The molecule has 0 aromatic rings. The molecule has 4 nitrogen and oxygen atoms in total. The van der Waals surface area contributed by atoms with Crippen LogP contribution in [0.4, 0.5) is 0 Å². The van der Waals surface area contributed by atoms with Crippen molar-refractivity contribution in [2.75, 3.05) is 13.1 Å². The summed E-state index contributed by atoms with van der Waals surface area (Å²) in [5, 5.41) is 2.81. The van der Waals surface area contributed by atoms with Gasteiger partial charge in [-0.15, -0.1) is 0 Å². The van der Waals surface area contributed by atoms with Crippen LogP contribution in [0.2, 0.25) is 0 Å². The van der Waals surface area contributed by atoms with E-state index in [1.807, 2.05) is 13.8 Å². The van der Waals surface area contributed by atoms with Crippen LogP contribution in [0.15, 0.2) is 0 Å². The molecule has 1 saturated carbocycles. The van der Waals surface area contributed by atoms with E-state index >= 15 is 0 Å². The number of carbonyl (C=O) groups excluding carboxylic acids is 2. The number of rotatable bonds is 4. The zero-order valence-electron chi connectivity index (χ0n) is 10.8. The smallest absolute Gasteiger partial charge is 0.248 e. The molecular weight excluding hydrogens is 216 g/mol. The molecule has 1 N–H and O–H groups in total. The number of carbonyl (C=O) groups is 2. The molecule has 2 rings (SSSR count). The van der Waals surface area contributed by atoms with E-state index in [4.69, 9.17) is 0 Å². The molecule has 1 aliphatic carbocycles. The highest BCUT2D eigenvalue weighted by Gasteiger charge is 2.41. The van der Waals surface area contributed by atoms with Crippen LogP contribution in [0.3, 0.4) is 0 Å². The van der Waals surface area contributed by atoms with E-state index in [9.17, 15) is 9.59 Å². The third-order valence-corrected chi connectivity index (χ3v) is 4.25. The third kappa shape index (κ3) is 2.45. The Labute approximate surface area is 103 Å². The highest BCUT2D eigenvalue weighted by molar-refractivity contribution is 5.97. The molecule has 1 heterocycles. The summed E-state index contributed by atoms with van der Waals surface area (Å²) in [6.45, 7) is 4.74. The molecule has 0 spiro atoms. The second-order valence-corrected chi connectivity index (χ2v) is 5.55. The van der Waals surface area contributed by atoms with Gasteiger partial charge in [-0.25, -0.2) is 0 Å². The van der Waals surface area contributed by atoms with Gasteiger partial charge in [-0.2, -0.15) is 0 Å². The van der Waals surface area contributed by atoms with E-state index < -0.39 is 5.54 Å². The zero-order chi connectivity index (χ0) is 12.5. The fourth-order valence-electron chi connectivity index (χ4n) is 2.53. The van der Waals surface area contributed by atoms with Gasteiger partial charge >= 0.3 is 0 Å². The Balaban J connectivity index is 1.95. The van der Waals surface area contributed by atoms with E-state index in [2.05, 4.69) is 5.32 Å². The molecular formula is C13H22N2O2. The third-order valence-electron chi connectivity index (χ3n) is 4.25. The SMILES string of the molecule is CCC1(C)NC(=O)CN(CCC2CCC2)C1=O. The van der Waals surface area contributed by atoms with Crippen LogP contribution >= 0.6 is 0 Å². The molecule has 17 heavy (non-hydrogen) atoms. The lowest BCUT2D eigenvalue weighted by molar-refractivity contribution is -0.149. The summed E-state index contributed by atoms with van der Waals surface area (Å²) in [6.07, 6.45) is 5.61. The van der Waals surface area contributed by atoms with Crippen molar-refractivity contribution in [3.63, 3.8) is 0 Å². The van der Waals surface area contributed by atoms with Crippen LogP contribution in [0.5, 0.6) is 0 Å². The van der Waals surface area contributed by atoms with Crippen LogP contribution < -0.4 is 5.32 Å². The topological polar surface area (TPSA) is 49.4 Å². The summed E-state index contributed by atoms with van der Waals surface area (Å²) < 4.78 is 0. The number of hydrogen-bond acceptors (Lipinski definition) is 2. The van der Waals surface area contributed by atoms with Crippen molar-refractivity contribution in [3.05, 3.63) is 0 Å². The first kappa shape index (κ1) is 12.4. The van der Waals surface area contributed by atoms with Gasteiger partial charge in [0.05, 0.1) is 6.54 Å². The molecule has 4 heteroatoms. The van der Waals surface area contributed by atoms with Crippen molar-refractivity contribution >= 4 is 11.8 Å². The van der Waals surface area contributed by atoms with Crippen molar-refractivity contribution in [3.8, 4) is 0 Å². The maximum absolute atomic E-state index is 12.3. The number of amides is 2. The Kier molecular flexibility index (Phi) is 3.40. The molecule has 1 unspecified atom stereocenters. The highest BCUT2D eigenvalue weighted by atomic mass is 16.2. The number of nitrogens with zero attached hydrogens (tertiary/aromatic N) is 1. The predicted molar refractivity (Wildman–Crippen MR) is 65.4 cm³/mol. The van der Waals surface area contributed by atoms with Crippen LogP contribution in [-0.4, -0.2) is 35.3 Å². The minimum atomic E-state index is -0.686. The van der Waals surface area contributed by atoms with Gasteiger partial charge in [0.2, 0.25) is 11.8 Å². The first-order chi connectivity index (χ1) is 8.05. The number of nitrogens with one attached hydrogen (secondary N) is 1. The molecule has 2 aliphatic rings. The molecule has 0 aromatic heterocycles. The van der Waals surface area contributed by atoms with Gasteiger partial charge in [-0.1, -0.05) is 26.2 Å². The average molecular weight is 238 g/mol. The molecule has 1 aliphatic heterocycles. The van der Waals surface area contributed by atoms with Crippen molar-refractivity contribution in [2.24, 2.45) is 5.92 Å². The van der Waals surface area contributed by atoms with E-state index in [1.54, 1.807) is 4.90 Å². The first-order valence-corrected chi connectivity index (χ1v) is 6.65. The maximum Gasteiger partial charge on any atom is 0.248 e. The van der Waals surface area contributed by atoms with Crippen molar-refractivity contribution in [1.82, 2.24) is 10.2 Å². The highest BCUT2D eigenvalue weighted by Crippen LogP contribution is 2.30. The molecule has 0 radical (unpaired) electrons. The lowest BCUT2D eigenvalue weighted by atomic mass is 9.82. The first-order valence-electron chi connectivity index (χ1n) is 6.65. The van der Waals surface area contributed by atoms with Crippen molar-refractivity contribution in [1.29, 1.82) is 0 Å². The molecule has 1 saturated heterocycles. The lowest BCUT2D eigenvalue weighted by Crippen LogP contribution is -2.65. The normalized spacial score (nSPS) is 30.1. The molecule has 0 bridgehead atoms. The van der Waals surface area contributed by atoms with Gasteiger partial charge in [-0.05, 0) is 25.7 Å². The Hall–Kier alpha value is -1.06. The van der Waals surface area contributed by atoms with Gasteiger partial charge < -0.3 is 10.2 Å². The quantitative estimate of drug-likeness (QED) is 0.802. The van der Waals surface area contributed by atoms with Gasteiger partial charge in [0.25, 0.3) is 0 Å². The van der Waals surface area contributed by atoms with Gasteiger partial charge in [0.1, 0.15) is 5.54 Å². The standard InChI is InChI=1S/C13H22N2O2/c1-3-13(2)12(17)15(9-11(16)14-13)8-7-10-5-4-6-10/h10H,3-9H2,1-2H3,(H,14,16). The maximum atomic E-state index is 12.3. The van der Waals surface area contributed by atoms with Crippen LogP contribution in [0.25, 0.3) is 0 Å². The van der Waals surface area contributed by atoms with Gasteiger partial charge in [-0.3, -0.25) is 9.59 Å². The molecule has 2 fully saturated rings. The Morgan fingerprint density at radius 2 is 2.12 bits per heavy atom. The Morgan fingerprint density at radius 1 is 1.41 bits per heavy atom. The summed E-state index contributed by atoms with van der Waals surface area (Å²) in [4.78, 5) is 25.6. The number of piperazine rings is 1. The molecule has 96 valence electrons. The average Bonchev–Trinajstić information content (AvgIpc) is 2.22. The van der Waals surface area contributed by atoms with E-state index in [-0.39, 0.29) is 18.4 Å². The summed E-state index contributed by atoms with van der Waals surface area (Å²) in [5.74, 6) is 0.835. The van der Waals surface area contributed by atoms with Crippen LogP contribution in [0.1, 0.15) is 46.0 Å². The van der Waals surface area contributed by atoms with Crippen molar-refractivity contribution < 1.29 is 9.59 Å². The monoisotopic (exact) mass is 238 g/mol. The zero-order valence-corrected chi connectivity index (χ0v) is 10.8. The molecule has 2 amide bonds. The summed E-state index contributed by atoms with van der Waals surface area (Å²) >= 11 is 0. The number of hydrogen-bond donors (Lipinski definition) is 1. The fourth-order valence-corrected chi connectivity index (χ4v) is 2.53. The van der Waals surface area contributed by atoms with E-state index in [0.717, 1.165) is 18.9 Å². The fraction of sp³-hybridized carbons (Fsp3) is 0.846. The Bertz CT molecular complexity index is 325. The van der Waals surface area contributed by atoms with Crippen molar-refractivity contribution in [2.45, 2.75) is 51.5 Å². The summed E-state index contributed by atoms with van der Waals surface area (Å²) in [6, 6.07) is 0. The minimum Gasteiger partial charge on any atom is -0.340 e. The lowest BCUT2D eigenvalue weighted by Gasteiger charge is -2.40. The van der Waals surface area contributed by atoms with Gasteiger partial charge in [0, 0.05) is 6.54 Å². The second kappa shape index (κ2) is 4.67. The predicted octanol–water partition coefficient (Wildman–Crippen LogP) is 1.30.